The smallest absolute Gasteiger partial charge is 0.129 e. The molecule has 1 heterocycles. The number of pyridine rings is 1. The highest BCUT2D eigenvalue weighted by atomic mass is 35.5. The third kappa shape index (κ3) is 2.18. The van der Waals surface area contributed by atoms with Crippen LogP contribution in [0, 0.1) is 0 Å². The van der Waals surface area contributed by atoms with E-state index in [1.807, 2.05) is 13.0 Å². The van der Waals surface area contributed by atoms with Crippen molar-refractivity contribution in [3.8, 4) is 0 Å². The summed E-state index contributed by atoms with van der Waals surface area (Å²) in [4.78, 5) is 3.94. The molecule has 0 fully saturated rings. The second-order valence-electron chi connectivity index (χ2n) is 3.29. The first kappa shape index (κ1) is 10.4. The Labute approximate surface area is 82.5 Å². The van der Waals surface area contributed by atoms with E-state index in [1.54, 1.807) is 12.3 Å². The van der Waals surface area contributed by atoms with E-state index in [2.05, 4.69) is 4.98 Å². The van der Waals surface area contributed by atoms with E-state index in [0.717, 1.165) is 5.56 Å². The van der Waals surface area contributed by atoms with Gasteiger partial charge in [0.05, 0.1) is 6.61 Å². The molecular weight excluding hydrogens is 188 g/mol. The quantitative estimate of drug-likeness (QED) is 0.715. The molecule has 0 aliphatic rings. The summed E-state index contributed by atoms with van der Waals surface area (Å²) in [5.41, 5.74) is 6.05. The van der Waals surface area contributed by atoms with Crippen molar-refractivity contribution < 1.29 is 5.11 Å². The lowest BCUT2D eigenvalue weighted by molar-refractivity contribution is 0.210. The highest BCUT2D eigenvalue weighted by Gasteiger charge is 2.24. The van der Waals surface area contributed by atoms with Crippen LogP contribution >= 0.6 is 11.6 Å². The monoisotopic (exact) mass is 200 g/mol. The second kappa shape index (κ2) is 4.05. The number of nitrogens with two attached hydrogens (primary N) is 1. The molecule has 0 bridgehead atoms. The molecule has 4 heteroatoms. The van der Waals surface area contributed by atoms with Crippen LogP contribution in [0.5, 0.6) is 0 Å². The predicted octanol–water partition coefficient (Wildman–Crippen LogP) is 0.944. The average molecular weight is 201 g/mol. The van der Waals surface area contributed by atoms with Crippen LogP contribution in [0.2, 0.25) is 5.15 Å². The summed E-state index contributed by atoms with van der Waals surface area (Å²) in [5, 5.41) is 9.61. The van der Waals surface area contributed by atoms with Crippen LogP contribution in [-0.2, 0) is 5.41 Å². The molecule has 13 heavy (non-hydrogen) atoms. The molecule has 0 saturated carbocycles. The van der Waals surface area contributed by atoms with E-state index in [4.69, 9.17) is 22.4 Å². The molecule has 3 N–H and O–H groups in total. The Morgan fingerprint density at radius 3 is 2.69 bits per heavy atom. The van der Waals surface area contributed by atoms with Gasteiger partial charge in [0, 0.05) is 18.2 Å². The molecular formula is C9H13ClN2O. The van der Waals surface area contributed by atoms with Gasteiger partial charge in [0.1, 0.15) is 5.15 Å². The maximum Gasteiger partial charge on any atom is 0.129 e. The number of hydrogen-bond acceptors (Lipinski definition) is 3. The molecule has 1 unspecified atom stereocenters. The van der Waals surface area contributed by atoms with Crippen molar-refractivity contribution in [2.24, 2.45) is 5.73 Å². The number of halogens is 1. The van der Waals surface area contributed by atoms with Crippen LogP contribution in [-0.4, -0.2) is 23.2 Å². The SMILES string of the molecule is CC(CN)(CO)c1ccc(Cl)nc1. The van der Waals surface area contributed by atoms with Gasteiger partial charge in [0.2, 0.25) is 0 Å². The number of hydrogen-bond donors (Lipinski definition) is 2. The molecule has 1 rings (SSSR count). The van der Waals surface area contributed by atoms with Gasteiger partial charge >= 0.3 is 0 Å². The van der Waals surface area contributed by atoms with Gasteiger partial charge in [0.25, 0.3) is 0 Å². The molecule has 0 spiro atoms. The first-order valence-electron chi connectivity index (χ1n) is 4.05. The van der Waals surface area contributed by atoms with Crippen LogP contribution < -0.4 is 5.73 Å². The minimum Gasteiger partial charge on any atom is -0.395 e. The Bertz CT molecular complexity index is 269. The number of nitrogens with zero attached hydrogens (tertiary/aromatic N) is 1. The molecule has 0 radical (unpaired) electrons. The Balaban J connectivity index is 2.99. The predicted molar refractivity (Wildman–Crippen MR) is 52.7 cm³/mol. The summed E-state index contributed by atoms with van der Waals surface area (Å²) in [6, 6.07) is 3.53. The Morgan fingerprint density at radius 2 is 2.31 bits per heavy atom. The first-order valence-corrected chi connectivity index (χ1v) is 4.43. The van der Waals surface area contributed by atoms with E-state index in [1.165, 1.54) is 0 Å². The highest BCUT2D eigenvalue weighted by Crippen LogP contribution is 2.21. The Kier molecular flexibility index (Phi) is 3.25. The van der Waals surface area contributed by atoms with E-state index in [0.29, 0.717) is 11.7 Å². The summed E-state index contributed by atoms with van der Waals surface area (Å²) in [6.07, 6.45) is 1.64. The van der Waals surface area contributed by atoms with E-state index >= 15 is 0 Å². The van der Waals surface area contributed by atoms with Crippen molar-refractivity contribution in [1.29, 1.82) is 0 Å². The fourth-order valence-electron chi connectivity index (χ4n) is 1.01. The zero-order valence-corrected chi connectivity index (χ0v) is 8.25. The van der Waals surface area contributed by atoms with Gasteiger partial charge in [-0.3, -0.25) is 0 Å². The minimum absolute atomic E-state index is 0.00676. The van der Waals surface area contributed by atoms with Crippen molar-refractivity contribution in [2.75, 3.05) is 13.2 Å². The van der Waals surface area contributed by atoms with Gasteiger partial charge in [0.15, 0.2) is 0 Å². The summed E-state index contributed by atoms with van der Waals surface area (Å²) in [7, 11) is 0. The lowest BCUT2D eigenvalue weighted by atomic mass is 9.84. The van der Waals surface area contributed by atoms with Crippen LogP contribution in [0.25, 0.3) is 0 Å². The molecule has 1 atom stereocenters. The Morgan fingerprint density at radius 1 is 1.62 bits per heavy atom. The van der Waals surface area contributed by atoms with Crippen molar-refractivity contribution in [3.63, 3.8) is 0 Å². The molecule has 0 saturated heterocycles. The lowest BCUT2D eigenvalue weighted by Gasteiger charge is -2.25. The summed E-state index contributed by atoms with van der Waals surface area (Å²) in [5.74, 6) is 0. The number of aliphatic hydroxyl groups is 1. The van der Waals surface area contributed by atoms with Gasteiger partial charge < -0.3 is 10.8 Å². The number of aromatic nitrogens is 1. The van der Waals surface area contributed by atoms with E-state index < -0.39 is 5.41 Å². The molecule has 0 aromatic carbocycles. The van der Waals surface area contributed by atoms with Gasteiger partial charge in [-0.05, 0) is 11.6 Å². The van der Waals surface area contributed by atoms with Crippen LogP contribution in [0.15, 0.2) is 18.3 Å². The fourth-order valence-corrected chi connectivity index (χ4v) is 1.12. The second-order valence-corrected chi connectivity index (χ2v) is 3.68. The lowest BCUT2D eigenvalue weighted by Crippen LogP contribution is -2.35. The van der Waals surface area contributed by atoms with Gasteiger partial charge in [-0.15, -0.1) is 0 Å². The molecule has 0 aliphatic heterocycles. The molecule has 1 aromatic heterocycles. The van der Waals surface area contributed by atoms with Crippen molar-refractivity contribution in [1.82, 2.24) is 4.98 Å². The third-order valence-corrected chi connectivity index (χ3v) is 2.45. The van der Waals surface area contributed by atoms with Gasteiger partial charge in [-0.25, -0.2) is 4.98 Å². The van der Waals surface area contributed by atoms with Gasteiger partial charge in [-0.1, -0.05) is 24.6 Å². The largest absolute Gasteiger partial charge is 0.395 e. The van der Waals surface area contributed by atoms with Crippen LogP contribution in [0.1, 0.15) is 12.5 Å². The van der Waals surface area contributed by atoms with E-state index in [-0.39, 0.29) is 6.61 Å². The maximum atomic E-state index is 9.17. The summed E-state index contributed by atoms with van der Waals surface area (Å²) in [6.45, 7) is 2.28. The maximum absolute atomic E-state index is 9.17. The normalized spacial score (nSPS) is 15.4. The minimum atomic E-state index is -0.419. The van der Waals surface area contributed by atoms with Gasteiger partial charge in [-0.2, -0.15) is 0 Å². The third-order valence-electron chi connectivity index (χ3n) is 2.22. The van der Waals surface area contributed by atoms with Crippen molar-refractivity contribution >= 4 is 11.6 Å². The average Bonchev–Trinajstić information content (AvgIpc) is 2.18. The summed E-state index contributed by atoms with van der Waals surface area (Å²) >= 11 is 5.64. The van der Waals surface area contributed by atoms with Crippen LogP contribution in [0.3, 0.4) is 0 Å². The molecule has 3 nitrogen and oxygen atoms in total. The Hall–Kier alpha value is -0.640. The van der Waals surface area contributed by atoms with Crippen LogP contribution in [0.4, 0.5) is 0 Å². The van der Waals surface area contributed by atoms with Crippen molar-refractivity contribution in [2.45, 2.75) is 12.3 Å². The first-order chi connectivity index (χ1) is 6.12. The summed E-state index contributed by atoms with van der Waals surface area (Å²) < 4.78 is 0. The molecule has 1 aromatic rings. The molecule has 0 amide bonds. The topological polar surface area (TPSA) is 59.1 Å². The fraction of sp³-hybridized carbons (Fsp3) is 0.444. The molecule has 72 valence electrons. The zero-order chi connectivity index (χ0) is 9.90. The highest BCUT2D eigenvalue weighted by molar-refractivity contribution is 6.29. The van der Waals surface area contributed by atoms with Crippen molar-refractivity contribution in [3.05, 3.63) is 29.0 Å². The standard InChI is InChI=1S/C9H13ClN2O/c1-9(5-11,6-13)7-2-3-8(10)12-4-7/h2-4,13H,5-6,11H2,1H3. The van der Waals surface area contributed by atoms with E-state index in [9.17, 15) is 0 Å². The number of rotatable bonds is 3. The number of aliphatic hydroxyl groups excluding tert-OH is 1. The molecule has 0 aliphatic carbocycles. The zero-order valence-electron chi connectivity index (χ0n) is 7.50.